The van der Waals surface area contributed by atoms with Crippen molar-refractivity contribution in [1.29, 1.82) is 0 Å². The average Bonchev–Trinajstić information content (AvgIpc) is 3.38. The zero-order chi connectivity index (χ0) is 32.3. The summed E-state index contributed by atoms with van der Waals surface area (Å²) in [5.41, 5.74) is 3.07. The number of amides is 2. The van der Waals surface area contributed by atoms with Crippen molar-refractivity contribution in [2.24, 2.45) is 5.41 Å². The lowest BCUT2D eigenvalue weighted by atomic mass is 10.0. The van der Waals surface area contributed by atoms with Crippen LogP contribution < -0.4 is 10.9 Å². The molecule has 1 N–H and O–H groups in total. The summed E-state index contributed by atoms with van der Waals surface area (Å²) in [5, 5.41) is 8.11. The second-order valence-corrected chi connectivity index (χ2v) is 12.4. The van der Waals surface area contributed by atoms with Gasteiger partial charge in [-0.2, -0.15) is 5.10 Å². The number of piperidine rings is 1. The molecule has 1 unspecified atom stereocenters. The molecule has 12 nitrogen and oxygen atoms in total. The van der Waals surface area contributed by atoms with E-state index in [1.54, 1.807) is 58.5 Å². The van der Waals surface area contributed by atoms with Gasteiger partial charge >= 0.3 is 0 Å². The van der Waals surface area contributed by atoms with Crippen LogP contribution in [0.2, 0.25) is 0 Å². The zero-order valence-electron chi connectivity index (χ0n) is 25.9. The van der Waals surface area contributed by atoms with Gasteiger partial charge in [0.1, 0.15) is 35.7 Å². The molecule has 12 heteroatoms. The Kier molecular flexibility index (Phi) is 6.87. The van der Waals surface area contributed by atoms with E-state index in [-0.39, 0.29) is 52.7 Å². The largest absolute Gasteiger partial charge is 0.325 e. The number of fused-ring (bicyclic) bond motifs is 2. The molecule has 1 aliphatic carbocycles. The molecule has 7 rings (SSSR count). The molecule has 4 aromatic heterocycles. The molecule has 46 heavy (non-hydrogen) atoms. The number of likely N-dealkylation sites (tertiary alicyclic amines) is 1. The van der Waals surface area contributed by atoms with Crippen LogP contribution in [-0.2, 0) is 16.1 Å². The fraction of sp³-hybridized carbons (Fsp3) is 0.294. The van der Waals surface area contributed by atoms with Gasteiger partial charge in [-0.05, 0) is 73.6 Å². The number of ketones is 1. The van der Waals surface area contributed by atoms with Crippen LogP contribution >= 0.6 is 0 Å². The van der Waals surface area contributed by atoms with Gasteiger partial charge in [0.25, 0.3) is 5.56 Å². The molecule has 2 fully saturated rings. The van der Waals surface area contributed by atoms with E-state index in [4.69, 9.17) is 0 Å². The number of nitrogens with one attached hydrogen (secondary N) is 1. The number of nitrogens with zero attached hydrogens (tertiary/aromatic N) is 7. The predicted octanol–water partition coefficient (Wildman–Crippen LogP) is 3.88. The lowest BCUT2D eigenvalue weighted by molar-refractivity contribution is -0.138. The third kappa shape index (κ3) is 5.05. The Morgan fingerprint density at radius 1 is 1.00 bits per heavy atom. The Bertz CT molecular complexity index is 2120. The third-order valence-corrected chi connectivity index (χ3v) is 9.05. The van der Waals surface area contributed by atoms with Gasteiger partial charge in [-0.15, -0.1) is 0 Å². The molecule has 2 amide bonds. The van der Waals surface area contributed by atoms with Crippen LogP contribution in [0.1, 0.15) is 48.6 Å². The maximum atomic E-state index is 14.0. The summed E-state index contributed by atoms with van der Waals surface area (Å²) in [4.78, 5) is 67.4. The number of hydrogen-bond donors (Lipinski definition) is 1. The molecule has 1 aromatic carbocycles. The Labute approximate surface area is 264 Å². The summed E-state index contributed by atoms with van der Waals surface area (Å²) >= 11 is 0. The maximum Gasteiger partial charge on any atom is 0.256 e. The Hall–Kier alpha value is -5.52. The van der Waals surface area contributed by atoms with E-state index >= 15 is 0 Å². The molecule has 0 radical (unpaired) electrons. The predicted molar refractivity (Wildman–Crippen MR) is 170 cm³/mol. The molecule has 5 heterocycles. The number of aromatic nitrogens is 6. The summed E-state index contributed by atoms with van der Waals surface area (Å²) < 4.78 is 2.97. The number of Topliss-reactive ketones (excluding diaryl/α,β-unsaturated/α-hetero) is 1. The minimum Gasteiger partial charge on any atom is -0.325 e. The Morgan fingerprint density at radius 3 is 2.52 bits per heavy atom. The summed E-state index contributed by atoms with van der Waals surface area (Å²) in [6.07, 6.45) is 6.42. The van der Waals surface area contributed by atoms with Crippen molar-refractivity contribution in [2.75, 3.05) is 5.32 Å². The molecule has 0 bridgehead atoms. The molecule has 1 saturated carbocycles. The summed E-state index contributed by atoms with van der Waals surface area (Å²) in [6, 6.07) is 12.9. The number of rotatable bonds is 7. The number of pyridine rings is 2. The quantitative estimate of drug-likeness (QED) is 0.271. The first-order valence-electron chi connectivity index (χ1n) is 15.1. The van der Waals surface area contributed by atoms with E-state index in [0.717, 1.165) is 23.1 Å². The Morgan fingerprint density at radius 2 is 1.78 bits per heavy atom. The zero-order valence-corrected chi connectivity index (χ0v) is 25.9. The van der Waals surface area contributed by atoms with Crippen LogP contribution in [0, 0.1) is 19.3 Å². The van der Waals surface area contributed by atoms with E-state index in [0.29, 0.717) is 29.0 Å². The molecule has 232 valence electrons. The van der Waals surface area contributed by atoms with Gasteiger partial charge in [0.05, 0.1) is 5.52 Å². The van der Waals surface area contributed by atoms with Crippen molar-refractivity contribution >= 4 is 34.3 Å². The number of carbonyl (C=O) groups is 3. The van der Waals surface area contributed by atoms with Crippen molar-refractivity contribution < 1.29 is 14.4 Å². The van der Waals surface area contributed by atoms with Gasteiger partial charge in [0, 0.05) is 48.6 Å². The number of aryl methyl sites for hydroxylation is 2. The van der Waals surface area contributed by atoms with Gasteiger partial charge in [-0.3, -0.25) is 28.4 Å². The van der Waals surface area contributed by atoms with Crippen LogP contribution in [0.3, 0.4) is 0 Å². The molecular formula is C34H32N8O4. The number of hydrogen-bond acceptors (Lipinski definition) is 8. The summed E-state index contributed by atoms with van der Waals surface area (Å²) in [5.74, 6) is 0.505. The SMILES string of the molecule is CC(=O)c1nn(CC(=O)N2C3C[C@]3(C)C[C@H]2C(=O)Nc2cccc(-n3ccccc3=O)n2)c2c(C)cc(-c3cnc(C)nc3)cc12. The smallest absolute Gasteiger partial charge is 0.256 e. The third-order valence-electron chi connectivity index (χ3n) is 9.05. The summed E-state index contributed by atoms with van der Waals surface area (Å²) in [7, 11) is 0. The lowest BCUT2D eigenvalue weighted by Crippen LogP contribution is -2.46. The van der Waals surface area contributed by atoms with Crippen LogP contribution in [0.4, 0.5) is 5.82 Å². The van der Waals surface area contributed by atoms with Crippen molar-refractivity contribution in [3.8, 4) is 16.9 Å². The van der Waals surface area contributed by atoms with Crippen molar-refractivity contribution in [3.05, 3.63) is 94.6 Å². The molecule has 3 atom stereocenters. The highest BCUT2D eigenvalue weighted by molar-refractivity contribution is 6.07. The first kappa shape index (κ1) is 29.2. The maximum absolute atomic E-state index is 14.0. The van der Waals surface area contributed by atoms with Crippen LogP contribution in [0.15, 0.2) is 71.9 Å². The standard InChI is InChI=1S/C34H32N8O4/c1-19-12-22(23-16-35-21(3)36-17-23)13-24-31(20(2)43)39-41(32(19)24)18-30(45)42-25(14-34(4)15-26(34)42)33(46)38-27-8-7-9-28(37-27)40-11-6-5-10-29(40)44/h5-13,16-17,25-26H,14-15,18H2,1-4H3,(H,37,38,46)/t25-,26?,34-/m0/s1. The van der Waals surface area contributed by atoms with Crippen LogP contribution in [0.5, 0.6) is 0 Å². The first-order chi connectivity index (χ1) is 22.0. The number of carbonyl (C=O) groups excluding carboxylic acids is 3. The monoisotopic (exact) mass is 616 g/mol. The molecule has 0 spiro atoms. The van der Waals surface area contributed by atoms with Gasteiger partial charge in [-0.25, -0.2) is 15.0 Å². The number of anilines is 1. The van der Waals surface area contributed by atoms with Gasteiger partial charge in [0.2, 0.25) is 11.8 Å². The van der Waals surface area contributed by atoms with Crippen molar-refractivity contribution in [1.82, 2.24) is 34.2 Å². The second kappa shape index (κ2) is 10.8. The van der Waals surface area contributed by atoms with E-state index < -0.39 is 6.04 Å². The highest BCUT2D eigenvalue weighted by Gasteiger charge is 2.64. The minimum absolute atomic E-state index is 0.0683. The van der Waals surface area contributed by atoms with Crippen LogP contribution in [-0.4, -0.2) is 63.9 Å². The molecule has 5 aromatic rings. The van der Waals surface area contributed by atoms with E-state index in [1.807, 2.05) is 26.0 Å². The number of benzene rings is 1. The topological polar surface area (TPSA) is 145 Å². The highest BCUT2D eigenvalue weighted by Crippen LogP contribution is 2.59. The van der Waals surface area contributed by atoms with Crippen molar-refractivity contribution in [3.63, 3.8) is 0 Å². The second-order valence-electron chi connectivity index (χ2n) is 12.4. The fourth-order valence-electron chi connectivity index (χ4n) is 6.63. The van der Waals surface area contributed by atoms with E-state index in [9.17, 15) is 19.2 Å². The van der Waals surface area contributed by atoms with Crippen LogP contribution in [0.25, 0.3) is 27.8 Å². The molecule has 1 aliphatic heterocycles. The van der Waals surface area contributed by atoms with Crippen molar-refractivity contribution in [2.45, 2.75) is 59.2 Å². The fourth-order valence-corrected chi connectivity index (χ4v) is 6.63. The molecule has 2 aliphatic rings. The molecular weight excluding hydrogens is 584 g/mol. The lowest BCUT2D eigenvalue weighted by Gasteiger charge is -2.27. The molecule has 1 saturated heterocycles. The van der Waals surface area contributed by atoms with E-state index in [1.165, 1.54) is 17.6 Å². The average molecular weight is 617 g/mol. The first-order valence-corrected chi connectivity index (χ1v) is 15.1. The Balaban J connectivity index is 1.17. The minimum atomic E-state index is -0.704. The highest BCUT2D eigenvalue weighted by atomic mass is 16.2. The normalized spacial score (nSPS) is 20.0. The summed E-state index contributed by atoms with van der Waals surface area (Å²) in [6.45, 7) is 7.15. The van der Waals surface area contributed by atoms with Gasteiger partial charge in [-0.1, -0.05) is 19.1 Å². The van der Waals surface area contributed by atoms with E-state index in [2.05, 4.69) is 32.3 Å². The van der Waals surface area contributed by atoms with Gasteiger partial charge in [0.15, 0.2) is 5.78 Å². The van der Waals surface area contributed by atoms with Gasteiger partial charge < -0.3 is 10.2 Å².